The monoisotopic (exact) mass is 1500 g/mol. The number of hydrogen-bond donors (Lipinski definition) is 21. The van der Waals surface area contributed by atoms with Gasteiger partial charge < -0.3 is 150 Å². The highest BCUT2D eigenvalue weighted by atomic mass is 16.6. The molecule has 0 radical (unpaired) electrons. The number of benzene rings is 9. The predicted molar refractivity (Wildman–Crippen MR) is 369 cm³/mol. The molecule has 0 aromatic heterocycles. The predicted octanol–water partition coefficient (Wildman–Crippen LogP) is 9.94. The van der Waals surface area contributed by atoms with E-state index in [9.17, 15) is 122 Å². The first-order valence-corrected chi connectivity index (χ1v) is 32.5. The van der Waals surface area contributed by atoms with Gasteiger partial charge in [-0.15, -0.1) is 0 Å². The molecule has 0 aliphatic carbocycles. The Balaban J connectivity index is 0.000000173. The summed E-state index contributed by atoms with van der Waals surface area (Å²) in [4.78, 5) is 38.7. The maximum Gasteiger partial charge on any atom is 0.338 e. The molecule has 3 aliphatic rings. The zero-order chi connectivity index (χ0) is 78.9. The van der Waals surface area contributed by atoms with Gasteiger partial charge >= 0.3 is 17.9 Å². The quantitative estimate of drug-likeness (QED) is 0.0258. The van der Waals surface area contributed by atoms with E-state index < -0.39 is 152 Å². The van der Waals surface area contributed by atoms with E-state index in [0.29, 0.717) is 16.9 Å². The molecular formula is C75H72O33. The van der Waals surface area contributed by atoms with Crippen LogP contribution in [0.5, 0.6) is 155 Å². The molecule has 0 unspecified atom stereocenters. The third-order valence-electron chi connectivity index (χ3n) is 16.5. The Morgan fingerprint density at radius 2 is 0.574 bits per heavy atom. The van der Waals surface area contributed by atoms with E-state index in [1.807, 2.05) is 0 Å². The van der Waals surface area contributed by atoms with E-state index in [0.717, 1.165) is 66.7 Å². The number of ether oxygens (including phenoxy) is 9. The Labute approximate surface area is 610 Å². The molecular weight excluding hydrogens is 1430 g/mol. The van der Waals surface area contributed by atoms with Gasteiger partial charge in [0, 0.05) is 89.0 Å². The van der Waals surface area contributed by atoms with Gasteiger partial charge in [0.25, 0.3) is 0 Å². The van der Waals surface area contributed by atoms with Crippen molar-refractivity contribution in [2.45, 2.75) is 116 Å². The van der Waals surface area contributed by atoms with Gasteiger partial charge in [-0.25, -0.2) is 14.4 Å². The second-order valence-electron chi connectivity index (χ2n) is 25.6. The van der Waals surface area contributed by atoms with Crippen molar-refractivity contribution in [3.8, 4) is 155 Å². The number of aromatic hydroxyl groups is 21. The lowest BCUT2D eigenvalue weighted by Gasteiger charge is -2.34. The summed E-state index contributed by atoms with van der Waals surface area (Å²) < 4.78 is 51.8. The topological polar surface area (TPSA) is 559 Å². The first-order valence-electron chi connectivity index (χ1n) is 32.5. The Hall–Kier alpha value is -14.0. The van der Waals surface area contributed by atoms with Gasteiger partial charge in [0.05, 0.1) is 35.0 Å². The second kappa shape index (κ2) is 30.7. The molecule has 570 valence electrons. The molecule has 33 heteroatoms. The van der Waals surface area contributed by atoms with Crippen molar-refractivity contribution >= 4 is 17.9 Å². The van der Waals surface area contributed by atoms with E-state index >= 15 is 0 Å². The number of rotatable bonds is 15. The number of carbonyl (C=O) groups excluding carboxylic acids is 3. The molecule has 33 nitrogen and oxygen atoms in total. The van der Waals surface area contributed by atoms with Crippen LogP contribution in [0.15, 0.2) is 109 Å². The molecule has 6 atom stereocenters. The average molecular weight is 1500 g/mol. The summed E-state index contributed by atoms with van der Waals surface area (Å²) in [6.45, 7) is 10.6. The van der Waals surface area contributed by atoms with Gasteiger partial charge in [-0.3, -0.25) is 0 Å². The van der Waals surface area contributed by atoms with Gasteiger partial charge in [0.2, 0.25) is 5.75 Å². The number of hydrogen-bond acceptors (Lipinski definition) is 33. The van der Waals surface area contributed by atoms with Crippen molar-refractivity contribution < 1.29 is 164 Å². The van der Waals surface area contributed by atoms with E-state index in [4.69, 9.17) is 42.6 Å². The van der Waals surface area contributed by atoms with Crippen LogP contribution in [0.4, 0.5) is 0 Å². The molecule has 9 aromatic rings. The highest BCUT2D eigenvalue weighted by Gasteiger charge is 2.42. The van der Waals surface area contributed by atoms with Crippen LogP contribution in [0.3, 0.4) is 0 Å². The minimum absolute atomic E-state index is 0.00647. The number of phenolic OH excluding ortho intramolecular Hbond substituents is 21. The standard InChI is InChI=1S/3C25H24O11/c1-10(2)34-20-6-11(3-18(30)23(20)32)24-21(9-14-15(27)7-13(26)8-19(14)35-24)36-25(33)12-4-16(28)22(31)17(29)5-12;1-10(2)34-13-7-15(26)14-9-21(36-25(33)12-5-18(29)23(32)19(30)6-12)24(35-20(14)8-13)11-3-16(27)22(31)17(28)4-11;1-10(2)34-19-7-13(26)8-20-14(19)9-21(24(35-20)11-3-15(27)22(31)16(28)4-11)36-25(33)12-5-17(29)23(32)18(30)6-12/h3*3-8,10,21,24,26-32H,9H2,1-2H3/t3*21-,24-/m111/s1. The minimum atomic E-state index is -1.14. The van der Waals surface area contributed by atoms with Crippen LogP contribution in [-0.4, -0.2) is 162 Å². The summed E-state index contributed by atoms with van der Waals surface area (Å²) in [7, 11) is 0. The third-order valence-corrected chi connectivity index (χ3v) is 16.5. The molecule has 0 bridgehead atoms. The first-order chi connectivity index (χ1) is 50.8. The van der Waals surface area contributed by atoms with Gasteiger partial charge in [0.1, 0.15) is 70.1 Å². The van der Waals surface area contributed by atoms with E-state index in [1.54, 1.807) is 41.5 Å². The van der Waals surface area contributed by atoms with Gasteiger partial charge in [0.15, 0.2) is 116 Å². The summed E-state index contributed by atoms with van der Waals surface area (Å²) >= 11 is 0. The molecule has 0 amide bonds. The zero-order valence-corrected chi connectivity index (χ0v) is 57.5. The van der Waals surface area contributed by atoms with E-state index in [1.165, 1.54) is 42.5 Å². The lowest BCUT2D eigenvalue weighted by molar-refractivity contribution is -0.0194. The molecule has 3 aliphatic heterocycles. The van der Waals surface area contributed by atoms with Crippen LogP contribution in [-0.2, 0) is 33.5 Å². The first kappa shape index (κ1) is 76.6. The molecule has 0 saturated carbocycles. The van der Waals surface area contributed by atoms with E-state index in [2.05, 4.69) is 0 Å². The lowest BCUT2D eigenvalue weighted by atomic mass is 9.93. The van der Waals surface area contributed by atoms with Crippen molar-refractivity contribution in [1.82, 2.24) is 0 Å². The van der Waals surface area contributed by atoms with Crippen LogP contribution in [0, 0.1) is 0 Å². The fourth-order valence-electron chi connectivity index (χ4n) is 11.7. The smallest absolute Gasteiger partial charge is 0.338 e. The van der Waals surface area contributed by atoms with Gasteiger partial charge in [-0.1, -0.05) is 0 Å². The maximum atomic E-state index is 12.9. The molecule has 108 heavy (non-hydrogen) atoms. The molecule has 0 spiro atoms. The molecule has 3 heterocycles. The van der Waals surface area contributed by atoms with Crippen molar-refractivity contribution in [2.24, 2.45) is 0 Å². The zero-order valence-electron chi connectivity index (χ0n) is 57.5. The summed E-state index contributed by atoms with van der Waals surface area (Å²) in [5.41, 5.74) is 0.683. The van der Waals surface area contributed by atoms with Gasteiger partial charge in [-0.2, -0.15) is 0 Å². The number of carbonyl (C=O) groups is 3. The van der Waals surface area contributed by atoms with Crippen molar-refractivity contribution in [3.63, 3.8) is 0 Å². The molecule has 9 aromatic carbocycles. The average Bonchev–Trinajstić information content (AvgIpc) is 0.776. The molecule has 0 fully saturated rings. The molecule has 21 N–H and O–H groups in total. The largest absolute Gasteiger partial charge is 0.508 e. The van der Waals surface area contributed by atoms with Crippen LogP contribution in [0.25, 0.3) is 0 Å². The SMILES string of the molecule is CC(C)Oc1cc(O)c2c(c1)O[C@H](c1cc(O)c(O)c(O)c1)[C@H](OC(=O)c1cc(O)c(O)c(O)c1)C2.CC(C)Oc1cc(O)cc2c1C[C@@H](OC(=O)c1cc(O)c(O)c(O)c1)[C@@H](c1cc(O)c(O)c(O)c1)O2.CC(C)Oc1cc([C@H]2Oc3cc(O)cc(O)c3C[C@H]2OC(=O)c2cc(O)c(O)c(O)c2)cc(O)c1O. The van der Waals surface area contributed by atoms with Crippen molar-refractivity contribution in [2.75, 3.05) is 0 Å². The van der Waals surface area contributed by atoms with Crippen LogP contribution in [0.2, 0.25) is 0 Å². The van der Waals surface area contributed by atoms with Crippen LogP contribution in [0.1, 0.15) is 124 Å². The van der Waals surface area contributed by atoms with Crippen molar-refractivity contribution in [3.05, 3.63) is 159 Å². The van der Waals surface area contributed by atoms with Gasteiger partial charge in [-0.05, 0) is 114 Å². The Morgan fingerprint density at radius 3 is 0.926 bits per heavy atom. The van der Waals surface area contributed by atoms with Crippen molar-refractivity contribution in [1.29, 1.82) is 0 Å². The fourth-order valence-corrected chi connectivity index (χ4v) is 11.7. The summed E-state index contributed by atoms with van der Waals surface area (Å²) in [6.07, 6.45) is -7.71. The number of esters is 3. The second-order valence-corrected chi connectivity index (χ2v) is 25.6. The summed E-state index contributed by atoms with van der Waals surface area (Å²) in [5, 5.41) is 208. The number of phenols is 21. The van der Waals surface area contributed by atoms with Crippen LogP contribution >= 0.6 is 0 Å². The third kappa shape index (κ3) is 16.6. The highest BCUT2D eigenvalue weighted by molar-refractivity contribution is 5.93. The molecule has 12 rings (SSSR count). The lowest BCUT2D eigenvalue weighted by Crippen LogP contribution is -2.35. The fraction of sp³-hybridized carbons (Fsp3) is 0.240. The Morgan fingerprint density at radius 1 is 0.296 bits per heavy atom. The Kier molecular flexibility index (Phi) is 21.8. The van der Waals surface area contributed by atoms with E-state index in [-0.39, 0.29) is 128 Å². The summed E-state index contributed by atoms with van der Waals surface area (Å²) in [6, 6.07) is 20.5. The number of fused-ring (bicyclic) bond motifs is 3. The minimum Gasteiger partial charge on any atom is -0.508 e. The summed E-state index contributed by atoms with van der Waals surface area (Å²) in [5.74, 6) is -14.7. The van der Waals surface area contributed by atoms with Crippen LogP contribution < -0.4 is 28.4 Å². The Bertz CT molecular complexity index is 4790. The molecule has 0 saturated heterocycles. The maximum absolute atomic E-state index is 12.9. The highest BCUT2D eigenvalue weighted by Crippen LogP contribution is 2.52. The normalized spacial score (nSPS) is 16.8.